The van der Waals surface area contributed by atoms with Crippen molar-refractivity contribution in [2.45, 2.75) is 0 Å². The number of benzene rings is 1. The molecule has 0 unspecified atom stereocenters. The van der Waals surface area contributed by atoms with E-state index in [1.807, 2.05) is 24.3 Å². The Hall–Kier alpha value is -2.57. The van der Waals surface area contributed by atoms with Crippen molar-refractivity contribution in [3.63, 3.8) is 0 Å². The topological polar surface area (TPSA) is 53.8 Å². The molecule has 0 bridgehead atoms. The molecule has 0 atom stereocenters. The van der Waals surface area contributed by atoms with Crippen LogP contribution >= 0.6 is 22.9 Å². The van der Waals surface area contributed by atoms with Crippen molar-refractivity contribution < 1.29 is 14.0 Å². The van der Waals surface area contributed by atoms with Gasteiger partial charge < -0.3 is 14.2 Å². The minimum atomic E-state index is -0.139. The predicted molar refractivity (Wildman–Crippen MR) is 107 cm³/mol. The van der Waals surface area contributed by atoms with Crippen LogP contribution in [0.4, 0.5) is 0 Å². The van der Waals surface area contributed by atoms with Gasteiger partial charge in [-0.05, 0) is 24.3 Å². The fourth-order valence-corrected chi connectivity index (χ4v) is 4.48. The lowest BCUT2D eigenvalue weighted by Crippen LogP contribution is -2.50. The zero-order valence-electron chi connectivity index (χ0n) is 14.4. The van der Waals surface area contributed by atoms with Crippen molar-refractivity contribution in [1.82, 2.24) is 9.80 Å². The number of carbonyl (C=O) groups excluding carboxylic acids is 2. The highest BCUT2D eigenvalue weighted by atomic mass is 35.5. The SMILES string of the molecule is O=C(C=Cc1sc2ccccc2c1Cl)N1CCN(C(=O)c2ccco2)CC1. The van der Waals surface area contributed by atoms with Crippen molar-refractivity contribution >= 4 is 50.9 Å². The molecular weight excluding hydrogens is 384 g/mol. The first-order valence-corrected chi connectivity index (χ1v) is 9.80. The molecule has 1 fully saturated rings. The summed E-state index contributed by atoms with van der Waals surface area (Å²) in [6.45, 7) is 1.97. The molecule has 0 spiro atoms. The monoisotopic (exact) mass is 400 g/mol. The number of hydrogen-bond acceptors (Lipinski definition) is 4. The van der Waals surface area contributed by atoms with Crippen LogP contribution in [0.25, 0.3) is 16.2 Å². The second-order valence-corrected chi connectivity index (χ2v) is 7.67. The number of fused-ring (bicyclic) bond motifs is 1. The molecule has 2 amide bonds. The Bertz CT molecular complexity index is 1000. The zero-order valence-corrected chi connectivity index (χ0v) is 16.0. The molecule has 27 heavy (non-hydrogen) atoms. The lowest BCUT2D eigenvalue weighted by Gasteiger charge is -2.33. The number of hydrogen-bond donors (Lipinski definition) is 0. The van der Waals surface area contributed by atoms with E-state index in [2.05, 4.69) is 0 Å². The molecule has 3 heterocycles. The fourth-order valence-electron chi connectivity index (χ4n) is 3.08. The Morgan fingerprint density at radius 2 is 1.78 bits per heavy atom. The average molecular weight is 401 g/mol. The summed E-state index contributed by atoms with van der Waals surface area (Å²) in [6.07, 6.45) is 4.81. The van der Waals surface area contributed by atoms with Gasteiger partial charge in [-0.25, -0.2) is 0 Å². The van der Waals surface area contributed by atoms with E-state index in [1.54, 1.807) is 45.4 Å². The Kier molecular flexibility index (Phi) is 5.01. The van der Waals surface area contributed by atoms with Crippen LogP contribution in [0.1, 0.15) is 15.4 Å². The van der Waals surface area contributed by atoms with Crippen molar-refractivity contribution in [2.75, 3.05) is 26.2 Å². The average Bonchev–Trinajstić information content (AvgIpc) is 3.35. The maximum Gasteiger partial charge on any atom is 0.289 e. The zero-order chi connectivity index (χ0) is 18.8. The first-order valence-electron chi connectivity index (χ1n) is 8.60. The van der Waals surface area contributed by atoms with E-state index in [0.717, 1.165) is 15.0 Å². The molecule has 0 aliphatic carbocycles. The second-order valence-electron chi connectivity index (χ2n) is 6.20. The van der Waals surface area contributed by atoms with Gasteiger partial charge in [0, 0.05) is 47.2 Å². The Morgan fingerprint density at radius 3 is 2.48 bits per heavy atom. The summed E-state index contributed by atoms with van der Waals surface area (Å²) in [5.41, 5.74) is 0. The first kappa shape index (κ1) is 17.8. The third-order valence-electron chi connectivity index (χ3n) is 4.55. The van der Waals surface area contributed by atoms with E-state index in [1.165, 1.54) is 6.26 Å². The smallest absolute Gasteiger partial charge is 0.289 e. The fraction of sp³-hybridized carbons (Fsp3) is 0.200. The maximum absolute atomic E-state index is 12.5. The van der Waals surface area contributed by atoms with Gasteiger partial charge in [-0.15, -0.1) is 11.3 Å². The van der Waals surface area contributed by atoms with E-state index < -0.39 is 0 Å². The lowest BCUT2D eigenvalue weighted by atomic mass is 10.2. The van der Waals surface area contributed by atoms with Gasteiger partial charge in [0.2, 0.25) is 5.91 Å². The number of nitrogens with zero attached hydrogens (tertiary/aromatic N) is 2. The predicted octanol–water partition coefficient (Wildman–Crippen LogP) is 4.15. The molecular formula is C20H17ClN2O3S. The second kappa shape index (κ2) is 7.58. The van der Waals surface area contributed by atoms with Gasteiger partial charge in [-0.2, -0.15) is 0 Å². The maximum atomic E-state index is 12.5. The Labute approximate surface area is 165 Å². The number of carbonyl (C=O) groups is 2. The molecule has 5 nitrogen and oxygen atoms in total. The van der Waals surface area contributed by atoms with E-state index in [-0.39, 0.29) is 11.8 Å². The van der Waals surface area contributed by atoms with Gasteiger partial charge in [0.25, 0.3) is 5.91 Å². The number of furan rings is 1. The quantitative estimate of drug-likeness (QED) is 0.621. The summed E-state index contributed by atoms with van der Waals surface area (Å²) >= 11 is 7.97. The van der Waals surface area contributed by atoms with E-state index in [0.29, 0.717) is 37.0 Å². The minimum absolute atomic E-state index is 0.0754. The van der Waals surface area contributed by atoms with Crippen LogP contribution in [0.3, 0.4) is 0 Å². The van der Waals surface area contributed by atoms with Gasteiger partial charge in [0.05, 0.1) is 11.3 Å². The highest BCUT2D eigenvalue weighted by Crippen LogP contribution is 2.35. The molecule has 7 heteroatoms. The summed E-state index contributed by atoms with van der Waals surface area (Å²) in [5.74, 6) is 0.113. The summed E-state index contributed by atoms with van der Waals surface area (Å²) in [5, 5.41) is 1.68. The summed E-state index contributed by atoms with van der Waals surface area (Å²) in [6, 6.07) is 11.2. The molecule has 2 aromatic heterocycles. The third kappa shape index (κ3) is 3.63. The highest BCUT2D eigenvalue weighted by Gasteiger charge is 2.25. The molecule has 3 aromatic rings. The Balaban J connectivity index is 1.38. The van der Waals surface area contributed by atoms with Crippen molar-refractivity contribution in [2.24, 2.45) is 0 Å². The molecule has 1 aliphatic heterocycles. The van der Waals surface area contributed by atoms with Crippen LogP contribution in [0.5, 0.6) is 0 Å². The van der Waals surface area contributed by atoms with Gasteiger partial charge in [0.1, 0.15) is 0 Å². The molecule has 0 N–H and O–H groups in total. The lowest BCUT2D eigenvalue weighted by molar-refractivity contribution is -0.127. The van der Waals surface area contributed by atoms with Gasteiger partial charge in [0.15, 0.2) is 5.76 Å². The minimum Gasteiger partial charge on any atom is -0.459 e. The van der Waals surface area contributed by atoms with Crippen LogP contribution in [-0.2, 0) is 4.79 Å². The van der Waals surface area contributed by atoms with Crippen LogP contribution in [-0.4, -0.2) is 47.8 Å². The Morgan fingerprint density at radius 1 is 1.04 bits per heavy atom. The third-order valence-corrected chi connectivity index (χ3v) is 6.20. The van der Waals surface area contributed by atoms with Gasteiger partial charge in [-0.3, -0.25) is 9.59 Å². The molecule has 4 rings (SSSR count). The van der Waals surface area contributed by atoms with Crippen molar-refractivity contribution in [1.29, 1.82) is 0 Å². The normalized spacial score (nSPS) is 15.0. The number of rotatable bonds is 3. The summed E-state index contributed by atoms with van der Waals surface area (Å²) in [7, 11) is 0. The van der Waals surface area contributed by atoms with Gasteiger partial charge >= 0.3 is 0 Å². The molecule has 0 saturated carbocycles. The van der Waals surface area contributed by atoms with E-state index >= 15 is 0 Å². The summed E-state index contributed by atoms with van der Waals surface area (Å²) < 4.78 is 6.25. The summed E-state index contributed by atoms with van der Waals surface area (Å²) in [4.78, 5) is 29.1. The van der Waals surface area contributed by atoms with Crippen molar-refractivity contribution in [3.05, 3.63) is 64.4 Å². The van der Waals surface area contributed by atoms with E-state index in [9.17, 15) is 9.59 Å². The van der Waals surface area contributed by atoms with Gasteiger partial charge in [-0.1, -0.05) is 29.8 Å². The first-order chi connectivity index (χ1) is 13.1. The largest absolute Gasteiger partial charge is 0.459 e. The molecule has 1 saturated heterocycles. The standard InChI is InChI=1S/C20H17ClN2O3S/c21-19-14-4-1-2-6-16(14)27-17(19)7-8-18(24)22-9-11-23(12-10-22)20(25)15-5-3-13-26-15/h1-8,13H,9-12H2. The number of piperazine rings is 1. The van der Waals surface area contributed by atoms with Crippen LogP contribution < -0.4 is 0 Å². The molecule has 1 aliphatic rings. The van der Waals surface area contributed by atoms with Crippen molar-refractivity contribution in [3.8, 4) is 0 Å². The highest BCUT2D eigenvalue weighted by molar-refractivity contribution is 7.20. The molecule has 1 aromatic carbocycles. The van der Waals surface area contributed by atoms with E-state index in [4.69, 9.17) is 16.0 Å². The number of thiophene rings is 1. The van der Waals surface area contributed by atoms with Crippen LogP contribution in [0, 0.1) is 0 Å². The number of amides is 2. The van der Waals surface area contributed by atoms with Crippen LogP contribution in [0.2, 0.25) is 5.02 Å². The number of halogens is 1. The van der Waals surface area contributed by atoms with Crippen LogP contribution in [0.15, 0.2) is 53.2 Å². The molecule has 0 radical (unpaired) electrons. The molecule has 138 valence electrons.